The predicted octanol–water partition coefficient (Wildman–Crippen LogP) is 3.95. The van der Waals surface area contributed by atoms with Crippen molar-refractivity contribution in [3.8, 4) is 0 Å². The Bertz CT molecular complexity index is 1020. The minimum atomic E-state index is -0.377. The van der Waals surface area contributed by atoms with Gasteiger partial charge in [0.05, 0.1) is 12.5 Å². The van der Waals surface area contributed by atoms with Crippen molar-refractivity contribution < 1.29 is 19.1 Å². The van der Waals surface area contributed by atoms with E-state index in [1.807, 2.05) is 32.0 Å². The molecule has 33 heavy (non-hydrogen) atoms. The maximum Gasteiger partial charge on any atom is 0.355 e. The molecule has 2 aromatic rings. The molecule has 0 bridgehead atoms. The zero-order chi connectivity index (χ0) is 24.0. The Morgan fingerprint density at radius 2 is 2.00 bits per heavy atom. The van der Waals surface area contributed by atoms with Crippen LogP contribution in [-0.2, 0) is 27.3 Å². The summed E-state index contributed by atoms with van der Waals surface area (Å²) in [5.41, 5.74) is 3.99. The van der Waals surface area contributed by atoms with Crippen molar-refractivity contribution >= 4 is 29.4 Å². The molecule has 0 radical (unpaired) electrons. The second-order valence-corrected chi connectivity index (χ2v) is 8.84. The first-order chi connectivity index (χ1) is 15.8. The molecule has 0 unspecified atom stereocenters. The molecule has 1 atom stereocenters. The highest BCUT2D eigenvalue weighted by atomic mass is 35.5. The largest absolute Gasteiger partial charge is 0.461 e. The number of benzene rings is 1. The van der Waals surface area contributed by atoms with Gasteiger partial charge in [0.1, 0.15) is 5.69 Å². The molecule has 2 heterocycles. The fourth-order valence-corrected chi connectivity index (χ4v) is 4.55. The molecule has 0 spiro atoms. The average Bonchev–Trinajstić information content (AvgIpc) is 3.10. The number of rotatable bonds is 8. The minimum Gasteiger partial charge on any atom is -0.461 e. The van der Waals surface area contributed by atoms with Gasteiger partial charge in [0, 0.05) is 36.8 Å². The van der Waals surface area contributed by atoms with Gasteiger partial charge < -0.3 is 19.9 Å². The number of nitrogens with one attached hydrogen (secondary N) is 2. The summed E-state index contributed by atoms with van der Waals surface area (Å²) >= 11 is 6.17. The van der Waals surface area contributed by atoms with Gasteiger partial charge in [-0.3, -0.25) is 9.59 Å². The Morgan fingerprint density at radius 3 is 2.73 bits per heavy atom. The van der Waals surface area contributed by atoms with Gasteiger partial charge in [-0.05, 0) is 62.8 Å². The number of H-pyrrole nitrogens is 1. The summed E-state index contributed by atoms with van der Waals surface area (Å²) in [6.07, 6.45) is 2.42. The highest BCUT2D eigenvalue weighted by molar-refractivity contribution is 6.31. The number of hydrogen-bond acceptors (Lipinski definition) is 4. The van der Waals surface area contributed by atoms with E-state index in [2.05, 4.69) is 10.3 Å². The number of likely N-dealkylation sites (tertiary alicyclic amines) is 1. The van der Waals surface area contributed by atoms with E-state index in [-0.39, 0.29) is 23.7 Å². The summed E-state index contributed by atoms with van der Waals surface area (Å²) in [6, 6.07) is 7.43. The molecular formula is C25H32ClN3O4. The van der Waals surface area contributed by atoms with Gasteiger partial charge >= 0.3 is 5.97 Å². The highest BCUT2D eigenvalue weighted by Gasteiger charge is 2.28. The molecule has 1 aromatic carbocycles. The highest BCUT2D eigenvalue weighted by Crippen LogP contribution is 2.23. The SMILES string of the molecule is CCOC(=O)c1[nH]c(C)c(CCC(=O)N2CCC[C@@H](C(=O)NCc3ccccc3Cl)C2)c1C. The van der Waals surface area contributed by atoms with Crippen LogP contribution in [0.2, 0.25) is 5.02 Å². The molecule has 7 nitrogen and oxygen atoms in total. The van der Waals surface area contributed by atoms with Gasteiger partial charge in [0.25, 0.3) is 0 Å². The number of aromatic nitrogens is 1. The Hall–Kier alpha value is -2.80. The number of nitrogens with zero attached hydrogens (tertiary/aromatic N) is 1. The summed E-state index contributed by atoms with van der Waals surface area (Å²) in [5.74, 6) is -0.631. The summed E-state index contributed by atoms with van der Waals surface area (Å²) in [7, 11) is 0. The van der Waals surface area contributed by atoms with E-state index in [4.69, 9.17) is 16.3 Å². The number of halogens is 1. The Labute approximate surface area is 199 Å². The monoisotopic (exact) mass is 473 g/mol. The molecular weight excluding hydrogens is 442 g/mol. The van der Waals surface area contributed by atoms with Crippen LogP contribution in [0.3, 0.4) is 0 Å². The number of esters is 1. The van der Waals surface area contributed by atoms with Gasteiger partial charge in [-0.25, -0.2) is 4.79 Å². The summed E-state index contributed by atoms with van der Waals surface area (Å²) in [5, 5.41) is 3.58. The number of aromatic amines is 1. The molecule has 1 aliphatic rings. The van der Waals surface area contributed by atoms with Crippen LogP contribution in [0.5, 0.6) is 0 Å². The lowest BCUT2D eigenvalue weighted by atomic mass is 9.96. The summed E-state index contributed by atoms with van der Waals surface area (Å²) < 4.78 is 5.10. The Kier molecular flexibility index (Phi) is 8.55. The fourth-order valence-electron chi connectivity index (χ4n) is 4.35. The quantitative estimate of drug-likeness (QED) is 0.568. The van der Waals surface area contributed by atoms with Crippen LogP contribution in [0.1, 0.15) is 59.1 Å². The molecule has 8 heteroatoms. The van der Waals surface area contributed by atoms with Crippen LogP contribution >= 0.6 is 11.6 Å². The van der Waals surface area contributed by atoms with Crippen molar-refractivity contribution in [1.82, 2.24) is 15.2 Å². The molecule has 2 amide bonds. The summed E-state index contributed by atoms with van der Waals surface area (Å²) in [4.78, 5) is 42.6. The first-order valence-electron chi connectivity index (χ1n) is 11.5. The van der Waals surface area contributed by atoms with Gasteiger partial charge in [-0.15, -0.1) is 0 Å². The number of carbonyl (C=O) groups excluding carboxylic acids is 3. The van der Waals surface area contributed by atoms with Crippen LogP contribution in [0.25, 0.3) is 0 Å². The van der Waals surface area contributed by atoms with Crippen molar-refractivity contribution in [2.75, 3.05) is 19.7 Å². The van der Waals surface area contributed by atoms with E-state index in [0.717, 1.165) is 35.2 Å². The third-order valence-corrected chi connectivity index (χ3v) is 6.59. The number of piperidine rings is 1. The standard InChI is InChI=1S/C25H32ClN3O4/c1-4-33-25(32)23-16(2)20(17(3)28-23)11-12-22(30)29-13-7-9-19(15-29)24(31)27-14-18-8-5-6-10-21(18)26/h5-6,8,10,19,28H,4,7,9,11-15H2,1-3H3,(H,27,31)/t19-/m1/s1. The van der Waals surface area contributed by atoms with E-state index in [1.165, 1.54) is 0 Å². The second kappa shape index (κ2) is 11.4. The van der Waals surface area contributed by atoms with E-state index in [9.17, 15) is 14.4 Å². The lowest BCUT2D eigenvalue weighted by molar-refractivity contribution is -0.135. The minimum absolute atomic E-state index is 0.0243. The maximum atomic E-state index is 12.9. The third-order valence-electron chi connectivity index (χ3n) is 6.22. The zero-order valence-corrected chi connectivity index (χ0v) is 20.3. The van der Waals surface area contributed by atoms with Crippen molar-refractivity contribution in [2.45, 2.75) is 53.0 Å². The number of amides is 2. The Balaban J connectivity index is 1.54. The lowest BCUT2D eigenvalue weighted by Gasteiger charge is -2.32. The summed E-state index contributed by atoms with van der Waals surface area (Å²) in [6.45, 7) is 7.31. The number of hydrogen-bond donors (Lipinski definition) is 2. The van der Waals surface area contributed by atoms with Crippen molar-refractivity contribution in [3.05, 3.63) is 57.4 Å². The normalized spacial score (nSPS) is 15.9. The van der Waals surface area contributed by atoms with E-state index in [0.29, 0.717) is 49.8 Å². The molecule has 1 saturated heterocycles. The van der Waals surface area contributed by atoms with Gasteiger partial charge in [-0.1, -0.05) is 29.8 Å². The van der Waals surface area contributed by atoms with Crippen LogP contribution in [0.15, 0.2) is 24.3 Å². The lowest BCUT2D eigenvalue weighted by Crippen LogP contribution is -2.45. The third kappa shape index (κ3) is 6.16. The predicted molar refractivity (Wildman–Crippen MR) is 127 cm³/mol. The van der Waals surface area contributed by atoms with Crippen molar-refractivity contribution in [2.24, 2.45) is 5.92 Å². The molecule has 1 fully saturated rings. The van der Waals surface area contributed by atoms with Crippen molar-refractivity contribution in [1.29, 1.82) is 0 Å². The Morgan fingerprint density at radius 1 is 1.24 bits per heavy atom. The first kappa shape index (κ1) is 24.8. The molecule has 3 rings (SSSR count). The van der Waals surface area contributed by atoms with Gasteiger partial charge in [-0.2, -0.15) is 0 Å². The average molecular weight is 474 g/mol. The molecule has 1 aromatic heterocycles. The molecule has 1 aliphatic heterocycles. The van der Waals surface area contributed by atoms with Gasteiger partial charge in [0.15, 0.2) is 0 Å². The maximum absolute atomic E-state index is 12.9. The number of aryl methyl sites for hydroxylation is 1. The van der Waals surface area contributed by atoms with E-state index in [1.54, 1.807) is 17.9 Å². The second-order valence-electron chi connectivity index (χ2n) is 8.44. The molecule has 2 N–H and O–H groups in total. The van der Waals surface area contributed by atoms with Crippen molar-refractivity contribution in [3.63, 3.8) is 0 Å². The molecule has 178 valence electrons. The van der Waals surface area contributed by atoms with Gasteiger partial charge in [0.2, 0.25) is 11.8 Å². The first-order valence-corrected chi connectivity index (χ1v) is 11.8. The molecule has 0 saturated carbocycles. The smallest absolute Gasteiger partial charge is 0.355 e. The van der Waals surface area contributed by atoms with Crippen LogP contribution in [0, 0.1) is 19.8 Å². The van der Waals surface area contributed by atoms with Crippen LogP contribution in [0.4, 0.5) is 0 Å². The van der Waals surface area contributed by atoms with Crippen LogP contribution < -0.4 is 5.32 Å². The van der Waals surface area contributed by atoms with E-state index >= 15 is 0 Å². The molecule has 0 aliphatic carbocycles. The fraction of sp³-hybridized carbons (Fsp3) is 0.480. The zero-order valence-electron chi connectivity index (χ0n) is 19.5. The number of carbonyl (C=O) groups is 3. The van der Waals surface area contributed by atoms with Crippen LogP contribution in [-0.4, -0.2) is 47.4 Å². The topological polar surface area (TPSA) is 91.5 Å². The number of ether oxygens (including phenoxy) is 1. The van der Waals surface area contributed by atoms with E-state index < -0.39 is 0 Å².